The monoisotopic (exact) mass is 412 g/mol. The fourth-order valence-corrected chi connectivity index (χ4v) is 3.20. The van der Waals surface area contributed by atoms with Crippen molar-refractivity contribution >= 4 is 22.6 Å². The van der Waals surface area contributed by atoms with Crippen LogP contribution in [0.25, 0.3) is 0 Å². The minimum absolute atomic E-state index is 0.414. The Morgan fingerprint density at radius 2 is 1.29 bits per heavy atom. The minimum Gasteiger partial charge on any atom is -0.230 e. The van der Waals surface area contributed by atoms with E-state index in [1.54, 1.807) is 0 Å². The molecule has 0 bridgehead atoms. The Labute approximate surface area is 142 Å². The number of hydrogen-bond acceptors (Lipinski definition) is 4. The van der Waals surface area contributed by atoms with Gasteiger partial charge in [0.1, 0.15) is 12.2 Å². The summed E-state index contributed by atoms with van der Waals surface area (Å²) in [6.07, 6.45) is 13.1. The van der Waals surface area contributed by atoms with Gasteiger partial charge in [0, 0.05) is 17.3 Å². The van der Waals surface area contributed by atoms with E-state index in [2.05, 4.69) is 22.6 Å². The molecule has 0 radical (unpaired) electrons. The van der Waals surface area contributed by atoms with Crippen LogP contribution < -0.4 is 0 Å². The summed E-state index contributed by atoms with van der Waals surface area (Å²) in [5.41, 5.74) is -0.423. The molecule has 21 heavy (non-hydrogen) atoms. The fraction of sp³-hybridized carbons (Fsp3) is 1.00. The molecule has 1 aliphatic heterocycles. The van der Waals surface area contributed by atoms with Gasteiger partial charge in [-0.3, -0.25) is 0 Å². The lowest BCUT2D eigenvalue weighted by molar-refractivity contribution is -0.491. The van der Waals surface area contributed by atoms with Crippen LogP contribution in [-0.2, 0) is 19.6 Å². The predicted octanol–water partition coefficient (Wildman–Crippen LogP) is 5.09. The summed E-state index contributed by atoms with van der Waals surface area (Å²) in [6.45, 7) is 2.41. The summed E-state index contributed by atoms with van der Waals surface area (Å²) in [6, 6.07) is 0. The molecule has 0 aromatic carbocycles. The molecule has 124 valence electrons. The Bertz CT molecular complexity index is 288. The zero-order valence-electron chi connectivity index (χ0n) is 13.2. The van der Waals surface area contributed by atoms with Crippen LogP contribution in [0.5, 0.6) is 0 Å². The summed E-state index contributed by atoms with van der Waals surface area (Å²) >= 11 is 2.29. The van der Waals surface area contributed by atoms with Gasteiger partial charge in [-0.2, -0.15) is 9.78 Å². The highest BCUT2D eigenvalue weighted by atomic mass is 127. The first-order valence-electron chi connectivity index (χ1n) is 8.42. The topological polar surface area (TPSA) is 36.9 Å². The molecule has 4 nitrogen and oxygen atoms in total. The third-order valence-electron chi connectivity index (χ3n) is 4.37. The summed E-state index contributed by atoms with van der Waals surface area (Å²) in [4.78, 5) is 22.6. The first-order chi connectivity index (χ1) is 10.2. The summed E-state index contributed by atoms with van der Waals surface area (Å²) in [5, 5.41) is 0. The fourth-order valence-electron chi connectivity index (χ4n) is 2.85. The van der Waals surface area contributed by atoms with Crippen LogP contribution in [0.2, 0.25) is 0 Å². The highest BCUT2D eigenvalue weighted by molar-refractivity contribution is 14.1. The SMILES string of the molecule is CC1(CI)COOC2(CCCCCCCCCCC2)OO1. The van der Waals surface area contributed by atoms with Gasteiger partial charge in [-0.25, -0.2) is 9.78 Å². The van der Waals surface area contributed by atoms with E-state index in [1.807, 2.05) is 6.92 Å². The maximum atomic E-state index is 5.79. The van der Waals surface area contributed by atoms with Crippen molar-refractivity contribution in [2.24, 2.45) is 0 Å². The number of hydrogen-bond donors (Lipinski definition) is 0. The van der Waals surface area contributed by atoms with Crippen molar-refractivity contribution in [1.82, 2.24) is 0 Å². The molecule has 1 unspecified atom stereocenters. The van der Waals surface area contributed by atoms with Gasteiger partial charge in [-0.15, -0.1) is 0 Å². The summed E-state index contributed by atoms with van der Waals surface area (Å²) in [5.74, 6) is -0.706. The van der Waals surface area contributed by atoms with Crippen molar-refractivity contribution in [3.05, 3.63) is 0 Å². The minimum atomic E-state index is -0.706. The van der Waals surface area contributed by atoms with E-state index < -0.39 is 11.4 Å². The standard InChI is InChI=1S/C16H29IO4/c1-15(13-17)14-18-20-16(21-19-15)11-9-7-5-3-2-4-6-8-10-12-16/h2-14H2,1H3. The van der Waals surface area contributed by atoms with Crippen LogP contribution in [0.15, 0.2) is 0 Å². The van der Waals surface area contributed by atoms with Gasteiger partial charge in [0.15, 0.2) is 0 Å². The second-order valence-electron chi connectivity index (χ2n) is 6.69. The van der Waals surface area contributed by atoms with Gasteiger partial charge in [-0.1, -0.05) is 67.5 Å². The molecule has 0 amide bonds. The lowest BCUT2D eigenvalue weighted by atomic mass is 9.97. The molecule has 2 rings (SSSR count). The third-order valence-corrected chi connectivity index (χ3v) is 5.98. The average Bonchev–Trinajstić information content (AvgIpc) is 2.64. The van der Waals surface area contributed by atoms with Crippen LogP contribution in [-0.4, -0.2) is 22.4 Å². The molecular formula is C16H29IO4. The van der Waals surface area contributed by atoms with E-state index in [4.69, 9.17) is 19.6 Å². The molecule has 1 spiro atoms. The number of alkyl halides is 1. The zero-order chi connectivity index (χ0) is 15.0. The Morgan fingerprint density at radius 1 is 0.762 bits per heavy atom. The van der Waals surface area contributed by atoms with Crippen LogP contribution in [0.3, 0.4) is 0 Å². The van der Waals surface area contributed by atoms with Gasteiger partial charge >= 0.3 is 0 Å². The Morgan fingerprint density at radius 3 is 1.81 bits per heavy atom. The molecular weight excluding hydrogens is 383 g/mol. The van der Waals surface area contributed by atoms with E-state index in [9.17, 15) is 0 Å². The summed E-state index contributed by atoms with van der Waals surface area (Å²) < 4.78 is 0.810. The largest absolute Gasteiger partial charge is 0.234 e. The van der Waals surface area contributed by atoms with E-state index in [0.717, 1.165) is 30.1 Å². The average molecular weight is 412 g/mol. The molecule has 1 aliphatic carbocycles. The van der Waals surface area contributed by atoms with Gasteiger partial charge in [-0.05, 0) is 19.8 Å². The smallest absolute Gasteiger partial charge is 0.230 e. The van der Waals surface area contributed by atoms with Crippen LogP contribution >= 0.6 is 22.6 Å². The van der Waals surface area contributed by atoms with E-state index >= 15 is 0 Å². The number of halogens is 1. The van der Waals surface area contributed by atoms with Crippen LogP contribution in [0.4, 0.5) is 0 Å². The van der Waals surface area contributed by atoms with Gasteiger partial charge in [0.2, 0.25) is 5.79 Å². The molecule has 0 aromatic rings. The highest BCUT2D eigenvalue weighted by Gasteiger charge is 2.42. The lowest BCUT2D eigenvalue weighted by Gasteiger charge is -2.30. The third kappa shape index (κ3) is 5.94. The molecule has 2 fully saturated rings. The molecule has 0 aromatic heterocycles. The van der Waals surface area contributed by atoms with Crippen molar-refractivity contribution in [3.8, 4) is 0 Å². The first-order valence-corrected chi connectivity index (χ1v) is 9.94. The highest BCUT2D eigenvalue weighted by Crippen LogP contribution is 2.34. The molecule has 5 heteroatoms. The normalized spacial score (nSPS) is 32.9. The van der Waals surface area contributed by atoms with Gasteiger partial charge in [0.25, 0.3) is 0 Å². The van der Waals surface area contributed by atoms with E-state index in [0.29, 0.717) is 6.61 Å². The Hall–Kier alpha value is 0.570. The Kier molecular flexibility index (Phi) is 7.69. The van der Waals surface area contributed by atoms with Gasteiger partial charge in [0.05, 0.1) is 0 Å². The molecule has 1 saturated heterocycles. The molecule has 0 N–H and O–H groups in total. The van der Waals surface area contributed by atoms with E-state index in [1.165, 1.54) is 44.9 Å². The second kappa shape index (κ2) is 9.01. The summed E-state index contributed by atoms with van der Waals surface area (Å²) in [7, 11) is 0. The Balaban J connectivity index is 1.94. The van der Waals surface area contributed by atoms with Crippen molar-refractivity contribution in [1.29, 1.82) is 0 Å². The predicted molar refractivity (Wildman–Crippen MR) is 90.0 cm³/mol. The lowest BCUT2D eigenvalue weighted by Crippen LogP contribution is -2.38. The van der Waals surface area contributed by atoms with Crippen molar-refractivity contribution < 1.29 is 19.6 Å². The van der Waals surface area contributed by atoms with E-state index in [-0.39, 0.29) is 0 Å². The molecule has 1 heterocycles. The zero-order valence-corrected chi connectivity index (χ0v) is 15.4. The quantitative estimate of drug-likeness (QED) is 0.342. The molecule has 1 saturated carbocycles. The maximum Gasteiger partial charge on any atom is 0.234 e. The van der Waals surface area contributed by atoms with Crippen molar-refractivity contribution in [3.63, 3.8) is 0 Å². The van der Waals surface area contributed by atoms with Gasteiger partial charge < -0.3 is 0 Å². The van der Waals surface area contributed by atoms with Crippen LogP contribution in [0.1, 0.15) is 77.6 Å². The van der Waals surface area contributed by atoms with Crippen LogP contribution in [0, 0.1) is 0 Å². The maximum absolute atomic E-state index is 5.79. The van der Waals surface area contributed by atoms with Crippen molar-refractivity contribution in [2.75, 3.05) is 11.0 Å². The number of rotatable bonds is 1. The second-order valence-corrected chi connectivity index (χ2v) is 7.45. The first kappa shape index (κ1) is 17.9. The van der Waals surface area contributed by atoms with Crippen molar-refractivity contribution in [2.45, 2.75) is 88.9 Å². The molecule has 2 aliphatic rings. The molecule has 1 atom stereocenters.